The highest BCUT2D eigenvalue weighted by Crippen LogP contribution is 2.25. The fourth-order valence-electron chi connectivity index (χ4n) is 4.96. The second-order valence-electron chi connectivity index (χ2n) is 10.4. The van der Waals surface area contributed by atoms with E-state index in [1.165, 1.54) is 48.5 Å². The van der Waals surface area contributed by atoms with Crippen molar-refractivity contribution in [2.24, 2.45) is 0 Å². The Morgan fingerprint density at radius 1 is 0.795 bits per heavy atom. The number of carbonyl (C=O) groups is 2. The number of hydrogen-bond donors (Lipinski definition) is 0. The third kappa shape index (κ3) is 7.60. The van der Waals surface area contributed by atoms with Gasteiger partial charge < -0.3 is 14.4 Å². The summed E-state index contributed by atoms with van der Waals surface area (Å²) in [6.45, 7) is 4.53. The highest BCUT2D eigenvalue weighted by Gasteiger charge is 2.30. The van der Waals surface area contributed by atoms with Gasteiger partial charge in [0.05, 0.1) is 36.1 Å². The van der Waals surface area contributed by atoms with Crippen LogP contribution >= 0.6 is 0 Å². The number of benzene rings is 3. The molecule has 5 rings (SSSR count). The molecule has 2 aliphatic rings. The van der Waals surface area contributed by atoms with Crippen LogP contribution in [0.4, 0.5) is 11.4 Å². The first-order chi connectivity index (χ1) is 21.3. The van der Waals surface area contributed by atoms with Crippen molar-refractivity contribution < 1.29 is 28.9 Å². The molecule has 0 aromatic heterocycles. The van der Waals surface area contributed by atoms with E-state index >= 15 is 0 Å². The largest absolute Gasteiger partial charge is 0.492 e. The van der Waals surface area contributed by atoms with Crippen molar-refractivity contribution in [3.8, 4) is 5.75 Å². The molecular weight excluding hydrogens is 568 g/mol. The van der Waals surface area contributed by atoms with Gasteiger partial charge in [-0.15, -0.1) is 0 Å². The number of hydrogen-bond acceptors (Lipinski definition) is 9. The SMILES string of the molecule is O=C1/C(=C/c2ccc([N+](=O)[O-])cc2)CN(C(=O)c2ccc(OCCN3CCOCC3)cc2)C/C1=C\c1ccc([N+](=O)[O-])cc1. The summed E-state index contributed by atoms with van der Waals surface area (Å²) in [5.74, 6) is 0.0671. The van der Waals surface area contributed by atoms with Crippen molar-refractivity contribution in [3.05, 3.63) is 121 Å². The molecule has 0 aliphatic carbocycles. The Bertz CT molecular complexity index is 1510. The van der Waals surface area contributed by atoms with Crippen LogP contribution in [0.2, 0.25) is 0 Å². The molecule has 0 radical (unpaired) electrons. The molecule has 0 saturated carbocycles. The lowest BCUT2D eigenvalue weighted by Gasteiger charge is -2.30. The molecule has 0 atom stereocenters. The highest BCUT2D eigenvalue weighted by molar-refractivity contribution is 6.15. The Hall–Kier alpha value is -5.20. The Balaban J connectivity index is 1.35. The highest BCUT2D eigenvalue weighted by atomic mass is 16.6. The second kappa shape index (κ2) is 13.8. The van der Waals surface area contributed by atoms with Gasteiger partial charge in [-0.1, -0.05) is 0 Å². The monoisotopic (exact) mass is 598 g/mol. The average molecular weight is 599 g/mol. The molecule has 3 aromatic carbocycles. The third-order valence-corrected chi connectivity index (χ3v) is 7.36. The number of morpholine rings is 1. The Labute approximate surface area is 253 Å². The molecule has 12 nitrogen and oxygen atoms in total. The maximum Gasteiger partial charge on any atom is 0.269 e. The van der Waals surface area contributed by atoms with Gasteiger partial charge in [0.1, 0.15) is 12.4 Å². The number of likely N-dealkylation sites (tertiary alicyclic amines) is 1. The molecule has 44 heavy (non-hydrogen) atoms. The minimum absolute atomic E-state index is 0.0318. The summed E-state index contributed by atoms with van der Waals surface area (Å²) < 4.78 is 11.2. The predicted octanol–water partition coefficient (Wildman–Crippen LogP) is 4.41. The molecule has 0 unspecified atom stereocenters. The standard InChI is InChI=1S/C32H30N4O8/c37-31-26(19-23-1-7-28(8-2-23)35(39)40)21-34(22-27(31)20-24-3-9-29(10-4-24)36(41)42)32(38)25-5-11-30(12-6-25)44-18-15-33-13-16-43-17-14-33/h1-12,19-20H,13-18,21-22H2/b26-19+,27-20+. The quantitative estimate of drug-likeness (QED) is 0.199. The van der Waals surface area contributed by atoms with Gasteiger partial charge in [0, 0.05) is 60.6 Å². The smallest absolute Gasteiger partial charge is 0.269 e. The van der Waals surface area contributed by atoms with E-state index in [1.807, 2.05) is 0 Å². The van der Waals surface area contributed by atoms with Gasteiger partial charge in [-0.3, -0.25) is 34.7 Å². The number of ether oxygens (including phenoxy) is 2. The van der Waals surface area contributed by atoms with Crippen molar-refractivity contribution >= 4 is 35.2 Å². The fraction of sp³-hybridized carbons (Fsp3) is 0.250. The molecule has 1 amide bonds. The Kier molecular flexibility index (Phi) is 9.52. The van der Waals surface area contributed by atoms with Crippen LogP contribution < -0.4 is 4.74 Å². The maximum atomic E-state index is 13.6. The number of rotatable bonds is 9. The topological polar surface area (TPSA) is 145 Å². The number of carbonyl (C=O) groups excluding carboxylic acids is 2. The van der Waals surface area contributed by atoms with Crippen molar-refractivity contribution in [2.45, 2.75) is 0 Å². The van der Waals surface area contributed by atoms with E-state index in [0.717, 1.165) is 19.6 Å². The number of nitro groups is 2. The molecule has 2 aliphatic heterocycles. The van der Waals surface area contributed by atoms with Crippen LogP contribution in [0.15, 0.2) is 83.9 Å². The number of amides is 1. The lowest BCUT2D eigenvalue weighted by molar-refractivity contribution is -0.385. The van der Waals surface area contributed by atoms with Crippen LogP contribution in [0.25, 0.3) is 12.2 Å². The molecule has 3 aromatic rings. The van der Waals surface area contributed by atoms with Crippen LogP contribution in [-0.4, -0.2) is 83.9 Å². The van der Waals surface area contributed by atoms with E-state index in [4.69, 9.17) is 9.47 Å². The number of nitrogens with zero attached hydrogens (tertiary/aromatic N) is 4. The summed E-state index contributed by atoms with van der Waals surface area (Å²) in [4.78, 5) is 52.1. The number of piperidine rings is 1. The van der Waals surface area contributed by atoms with Crippen molar-refractivity contribution in [3.63, 3.8) is 0 Å². The molecule has 0 N–H and O–H groups in total. The Morgan fingerprint density at radius 3 is 1.77 bits per heavy atom. The van der Waals surface area contributed by atoms with E-state index in [9.17, 15) is 29.8 Å². The zero-order valence-electron chi connectivity index (χ0n) is 23.8. The summed E-state index contributed by atoms with van der Waals surface area (Å²) in [5.41, 5.74) is 2.06. The van der Waals surface area contributed by atoms with Gasteiger partial charge in [-0.05, 0) is 71.8 Å². The van der Waals surface area contributed by atoms with Crippen molar-refractivity contribution in [1.82, 2.24) is 9.80 Å². The molecule has 2 saturated heterocycles. The molecule has 12 heteroatoms. The summed E-state index contributed by atoms with van der Waals surface area (Å²) in [7, 11) is 0. The molecule has 0 spiro atoms. The van der Waals surface area contributed by atoms with Gasteiger partial charge in [-0.2, -0.15) is 0 Å². The summed E-state index contributed by atoms with van der Waals surface area (Å²) in [5, 5.41) is 22.1. The second-order valence-corrected chi connectivity index (χ2v) is 10.4. The first-order valence-corrected chi connectivity index (χ1v) is 14.0. The molecule has 2 heterocycles. The van der Waals surface area contributed by atoms with E-state index < -0.39 is 9.85 Å². The summed E-state index contributed by atoms with van der Waals surface area (Å²) in [6, 6.07) is 18.4. The fourth-order valence-corrected chi connectivity index (χ4v) is 4.96. The van der Waals surface area contributed by atoms with Gasteiger partial charge >= 0.3 is 0 Å². The first-order valence-electron chi connectivity index (χ1n) is 14.0. The lowest BCUT2D eigenvalue weighted by Crippen LogP contribution is -2.41. The van der Waals surface area contributed by atoms with E-state index in [-0.39, 0.29) is 36.2 Å². The minimum atomic E-state index is -0.505. The molecule has 2 fully saturated rings. The normalized spacial score (nSPS) is 17.5. The average Bonchev–Trinajstić information content (AvgIpc) is 3.04. The van der Waals surface area contributed by atoms with Crippen LogP contribution in [0.5, 0.6) is 5.75 Å². The van der Waals surface area contributed by atoms with Crippen molar-refractivity contribution in [2.75, 3.05) is 52.5 Å². The van der Waals surface area contributed by atoms with Crippen molar-refractivity contribution in [1.29, 1.82) is 0 Å². The van der Waals surface area contributed by atoms with Crippen LogP contribution in [-0.2, 0) is 9.53 Å². The van der Waals surface area contributed by atoms with Crippen LogP contribution in [0.1, 0.15) is 21.5 Å². The minimum Gasteiger partial charge on any atom is -0.492 e. The van der Waals surface area contributed by atoms with E-state index in [2.05, 4.69) is 4.90 Å². The predicted molar refractivity (Wildman–Crippen MR) is 162 cm³/mol. The van der Waals surface area contributed by atoms with Gasteiger partial charge in [0.25, 0.3) is 17.3 Å². The van der Waals surface area contributed by atoms with Gasteiger partial charge in [0.2, 0.25) is 0 Å². The van der Waals surface area contributed by atoms with E-state index in [0.29, 0.717) is 53.4 Å². The molecular formula is C32H30N4O8. The van der Waals surface area contributed by atoms with Gasteiger partial charge in [0.15, 0.2) is 5.78 Å². The van der Waals surface area contributed by atoms with Crippen LogP contribution in [0, 0.1) is 20.2 Å². The number of nitro benzene ring substituents is 2. The zero-order chi connectivity index (χ0) is 31.1. The van der Waals surface area contributed by atoms with Gasteiger partial charge in [-0.25, -0.2) is 0 Å². The number of Topliss-reactive ketones (excluding diaryl/α,β-unsaturated/α-hetero) is 1. The summed E-state index contributed by atoms with van der Waals surface area (Å²) in [6.07, 6.45) is 3.22. The molecule has 0 bridgehead atoms. The van der Waals surface area contributed by atoms with E-state index in [1.54, 1.807) is 41.3 Å². The molecule has 226 valence electrons. The maximum absolute atomic E-state index is 13.6. The number of non-ortho nitro benzene ring substituents is 2. The van der Waals surface area contributed by atoms with Crippen LogP contribution in [0.3, 0.4) is 0 Å². The zero-order valence-corrected chi connectivity index (χ0v) is 23.8. The third-order valence-electron chi connectivity index (χ3n) is 7.36. The Morgan fingerprint density at radius 2 is 1.30 bits per heavy atom. The lowest BCUT2D eigenvalue weighted by atomic mass is 9.93. The first kappa shape index (κ1) is 30.3. The summed E-state index contributed by atoms with van der Waals surface area (Å²) >= 11 is 0. The number of ketones is 1.